The SMILES string of the molecule is Cc1cc(C23CC4CC(CC(C4)C2)C3)nc(C#N)n1. The van der Waals surface area contributed by atoms with E-state index in [2.05, 4.69) is 22.1 Å². The fourth-order valence-electron chi connectivity index (χ4n) is 5.31. The lowest BCUT2D eigenvalue weighted by atomic mass is 9.49. The van der Waals surface area contributed by atoms with Gasteiger partial charge in [-0.15, -0.1) is 0 Å². The summed E-state index contributed by atoms with van der Waals surface area (Å²) >= 11 is 0. The van der Waals surface area contributed by atoms with Crippen molar-refractivity contribution in [3.63, 3.8) is 0 Å². The van der Waals surface area contributed by atoms with E-state index in [1.165, 1.54) is 38.5 Å². The molecule has 0 aromatic carbocycles. The number of hydrogen-bond acceptors (Lipinski definition) is 3. The maximum atomic E-state index is 9.09. The van der Waals surface area contributed by atoms with Crippen molar-refractivity contribution in [1.29, 1.82) is 5.26 Å². The van der Waals surface area contributed by atoms with E-state index in [0.717, 1.165) is 29.1 Å². The van der Waals surface area contributed by atoms with Gasteiger partial charge in [0.25, 0.3) is 0 Å². The van der Waals surface area contributed by atoms with Crippen molar-refractivity contribution in [2.75, 3.05) is 0 Å². The molecule has 0 unspecified atom stereocenters. The monoisotopic (exact) mass is 253 g/mol. The predicted molar refractivity (Wildman–Crippen MR) is 71.3 cm³/mol. The number of hydrogen-bond donors (Lipinski definition) is 0. The summed E-state index contributed by atoms with van der Waals surface area (Å²) in [6, 6.07) is 4.25. The Morgan fingerprint density at radius 2 is 1.68 bits per heavy atom. The topological polar surface area (TPSA) is 49.6 Å². The molecule has 0 saturated heterocycles. The maximum absolute atomic E-state index is 9.09. The summed E-state index contributed by atoms with van der Waals surface area (Å²) in [5.41, 5.74) is 2.38. The lowest BCUT2D eigenvalue weighted by Gasteiger charge is -2.56. The highest BCUT2D eigenvalue weighted by molar-refractivity contribution is 5.27. The van der Waals surface area contributed by atoms with Crippen LogP contribution in [0, 0.1) is 36.0 Å². The van der Waals surface area contributed by atoms with Gasteiger partial charge in [-0.25, -0.2) is 9.97 Å². The van der Waals surface area contributed by atoms with Crippen LogP contribution >= 0.6 is 0 Å². The first-order chi connectivity index (χ1) is 9.17. The lowest BCUT2D eigenvalue weighted by molar-refractivity contribution is -0.00732. The zero-order chi connectivity index (χ0) is 13.0. The third kappa shape index (κ3) is 1.69. The molecule has 3 nitrogen and oxygen atoms in total. The van der Waals surface area contributed by atoms with Crippen LogP contribution in [0.1, 0.15) is 55.7 Å². The molecule has 4 saturated carbocycles. The van der Waals surface area contributed by atoms with E-state index >= 15 is 0 Å². The van der Waals surface area contributed by atoms with Crippen molar-refractivity contribution in [2.24, 2.45) is 17.8 Å². The largest absolute Gasteiger partial charge is 0.232 e. The van der Waals surface area contributed by atoms with Crippen LogP contribution in [0.4, 0.5) is 0 Å². The number of aromatic nitrogens is 2. The Kier molecular flexibility index (Phi) is 2.27. The van der Waals surface area contributed by atoms with Crippen molar-refractivity contribution < 1.29 is 0 Å². The summed E-state index contributed by atoms with van der Waals surface area (Å²) in [6.07, 6.45) is 8.19. The highest BCUT2D eigenvalue weighted by Gasteiger charge is 2.52. The van der Waals surface area contributed by atoms with Crippen LogP contribution in [0.25, 0.3) is 0 Å². The molecule has 19 heavy (non-hydrogen) atoms. The van der Waals surface area contributed by atoms with E-state index in [9.17, 15) is 0 Å². The first-order valence-electron chi connectivity index (χ1n) is 7.43. The molecular weight excluding hydrogens is 234 g/mol. The summed E-state index contributed by atoms with van der Waals surface area (Å²) in [5.74, 6) is 3.08. The fraction of sp³-hybridized carbons (Fsp3) is 0.688. The standard InChI is InChI=1S/C16H19N3/c1-10-2-14(19-15(9-17)18-10)16-6-11-3-12(7-16)5-13(4-11)8-16/h2,11-13H,3-8H2,1H3. The molecule has 4 fully saturated rings. The Labute approximate surface area is 114 Å². The van der Waals surface area contributed by atoms with Crippen LogP contribution in [-0.2, 0) is 5.41 Å². The summed E-state index contributed by atoms with van der Waals surface area (Å²) in [7, 11) is 0. The van der Waals surface area contributed by atoms with Crippen LogP contribution in [0.2, 0.25) is 0 Å². The molecular formula is C16H19N3. The average Bonchev–Trinajstić information content (AvgIpc) is 2.36. The Bertz CT molecular complexity index is 535. The van der Waals surface area contributed by atoms with E-state index in [1.54, 1.807) is 0 Å². The zero-order valence-corrected chi connectivity index (χ0v) is 11.4. The van der Waals surface area contributed by atoms with Gasteiger partial charge < -0.3 is 0 Å². The summed E-state index contributed by atoms with van der Waals surface area (Å²) in [6.45, 7) is 1.98. The predicted octanol–water partition coefficient (Wildman–Crippen LogP) is 3.12. The molecule has 0 radical (unpaired) electrons. The van der Waals surface area contributed by atoms with Crippen molar-refractivity contribution in [3.05, 3.63) is 23.3 Å². The normalized spacial score (nSPS) is 39.3. The van der Waals surface area contributed by atoms with Gasteiger partial charge in [0.1, 0.15) is 6.07 Å². The molecule has 4 bridgehead atoms. The zero-order valence-electron chi connectivity index (χ0n) is 11.4. The molecule has 4 aliphatic carbocycles. The molecule has 0 amide bonds. The summed E-state index contributed by atoms with van der Waals surface area (Å²) < 4.78 is 0. The van der Waals surface area contributed by atoms with Gasteiger partial charge in [-0.05, 0) is 69.3 Å². The summed E-state index contributed by atoms with van der Waals surface area (Å²) in [5, 5.41) is 9.09. The van der Waals surface area contributed by atoms with Gasteiger partial charge in [0, 0.05) is 11.1 Å². The van der Waals surface area contributed by atoms with Crippen LogP contribution in [0.5, 0.6) is 0 Å². The van der Waals surface area contributed by atoms with E-state index in [4.69, 9.17) is 5.26 Å². The van der Waals surface area contributed by atoms with E-state index in [-0.39, 0.29) is 5.41 Å². The molecule has 0 N–H and O–H groups in total. The van der Waals surface area contributed by atoms with Gasteiger partial charge in [-0.2, -0.15) is 5.26 Å². The van der Waals surface area contributed by atoms with Gasteiger partial charge >= 0.3 is 0 Å². The van der Waals surface area contributed by atoms with Gasteiger partial charge in [0.15, 0.2) is 0 Å². The number of rotatable bonds is 1. The molecule has 0 aliphatic heterocycles. The minimum Gasteiger partial charge on any atom is -0.224 e. The van der Waals surface area contributed by atoms with Gasteiger partial charge in [0.05, 0.1) is 5.69 Å². The third-order valence-corrected chi connectivity index (χ3v) is 5.54. The van der Waals surface area contributed by atoms with Crippen LogP contribution in [0.15, 0.2) is 6.07 Å². The molecule has 1 heterocycles. The van der Waals surface area contributed by atoms with Crippen LogP contribution in [0.3, 0.4) is 0 Å². The van der Waals surface area contributed by atoms with E-state index < -0.39 is 0 Å². The molecule has 0 spiro atoms. The number of nitriles is 1. The molecule has 4 aliphatic rings. The first-order valence-corrected chi connectivity index (χ1v) is 7.43. The second kappa shape index (κ2) is 3.79. The van der Waals surface area contributed by atoms with Gasteiger partial charge in [-0.3, -0.25) is 0 Å². The van der Waals surface area contributed by atoms with Crippen molar-refractivity contribution in [2.45, 2.75) is 50.9 Å². The highest BCUT2D eigenvalue weighted by Crippen LogP contribution is 2.60. The van der Waals surface area contributed by atoms with E-state index in [1.807, 2.05) is 6.92 Å². The summed E-state index contributed by atoms with van der Waals surface area (Å²) in [4.78, 5) is 8.78. The highest BCUT2D eigenvalue weighted by atomic mass is 14.9. The van der Waals surface area contributed by atoms with Gasteiger partial charge in [0.2, 0.25) is 5.82 Å². The molecule has 3 heteroatoms. The minimum absolute atomic E-state index is 0.272. The Morgan fingerprint density at radius 3 is 2.21 bits per heavy atom. The molecule has 5 rings (SSSR count). The quantitative estimate of drug-likeness (QED) is 0.772. The lowest BCUT2D eigenvalue weighted by Crippen LogP contribution is -2.49. The second-order valence-corrected chi connectivity index (χ2v) is 7.03. The Morgan fingerprint density at radius 1 is 1.11 bits per heavy atom. The second-order valence-electron chi connectivity index (χ2n) is 7.03. The van der Waals surface area contributed by atoms with Crippen LogP contribution in [-0.4, -0.2) is 9.97 Å². The molecule has 1 aromatic heterocycles. The van der Waals surface area contributed by atoms with Crippen molar-refractivity contribution >= 4 is 0 Å². The fourth-order valence-corrected chi connectivity index (χ4v) is 5.31. The minimum atomic E-state index is 0.272. The van der Waals surface area contributed by atoms with Gasteiger partial charge in [-0.1, -0.05) is 0 Å². The average molecular weight is 253 g/mol. The molecule has 1 aromatic rings. The van der Waals surface area contributed by atoms with Crippen molar-refractivity contribution in [1.82, 2.24) is 9.97 Å². The van der Waals surface area contributed by atoms with Crippen molar-refractivity contribution in [3.8, 4) is 6.07 Å². The van der Waals surface area contributed by atoms with Crippen LogP contribution < -0.4 is 0 Å². The third-order valence-electron chi connectivity index (χ3n) is 5.54. The van der Waals surface area contributed by atoms with E-state index in [0.29, 0.717) is 5.82 Å². The molecule has 98 valence electrons. The Balaban J connectivity index is 1.79. The smallest absolute Gasteiger partial charge is 0.224 e. The first kappa shape index (κ1) is 11.4. The Hall–Kier alpha value is -1.43. The maximum Gasteiger partial charge on any atom is 0.232 e. The molecule has 0 atom stereocenters. The number of nitrogens with zero attached hydrogens (tertiary/aromatic N) is 3. The number of aryl methyl sites for hydroxylation is 1.